The number of nitrogens with zero attached hydrogens (tertiary/aromatic N) is 2. The molecule has 0 aromatic carbocycles. The maximum Gasteiger partial charge on any atom is 0.222 e. The van der Waals surface area contributed by atoms with Gasteiger partial charge in [0, 0.05) is 39.5 Å². The molecule has 0 aromatic heterocycles. The molecule has 0 aromatic rings. The van der Waals surface area contributed by atoms with Crippen molar-refractivity contribution >= 4 is 11.8 Å². The van der Waals surface area contributed by atoms with Gasteiger partial charge in [-0.25, -0.2) is 0 Å². The number of carbonyl (C=O) groups is 2. The van der Waals surface area contributed by atoms with E-state index in [-0.39, 0.29) is 24.0 Å². The molecule has 0 bridgehead atoms. The number of likely N-dealkylation sites (tertiary alicyclic amines) is 1. The van der Waals surface area contributed by atoms with E-state index in [0.717, 1.165) is 75.3 Å². The first-order chi connectivity index (χ1) is 17.5. The monoisotopic (exact) mass is 512 g/mol. The van der Waals surface area contributed by atoms with Crippen molar-refractivity contribution in [2.45, 2.75) is 117 Å². The van der Waals surface area contributed by atoms with Crippen LogP contribution in [0.3, 0.4) is 0 Å². The quantitative estimate of drug-likeness (QED) is 0.473. The van der Waals surface area contributed by atoms with E-state index >= 15 is 0 Å². The Morgan fingerprint density at radius 2 is 1.81 bits per heavy atom. The first-order valence-corrected chi connectivity index (χ1v) is 15.4. The Bertz CT molecular complexity index is 908. The minimum Gasteiger partial charge on any atom is -0.393 e. The van der Waals surface area contributed by atoms with Crippen molar-refractivity contribution in [1.29, 1.82) is 0 Å². The number of fused-ring (bicyclic) bond motifs is 5. The molecular weight excluding hydrogens is 460 g/mol. The van der Waals surface area contributed by atoms with Gasteiger partial charge in [0.25, 0.3) is 0 Å². The summed E-state index contributed by atoms with van der Waals surface area (Å²) in [7, 11) is 1.98. The molecule has 208 valence electrons. The zero-order valence-electron chi connectivity index (χ0n) is 24.2. The average molecular weight is 513 g/mol. The second-order valence-corrected chi connectivity index (χ2v) is 14.1. The molecule has 0 spiro atoms. The largest absolute Gasteiger partial charge is 0.393 e. The van der Waals surface area contributed by atoms with E-state index in [1.54, 1.807) is 12.5 Å². The van der Waals surface area contributed by atoms with E-state index < -0.39 is 0 Å². The number of carbonyl (C=O) groups excluding carboxylic acids is 2. The van der Waals surface area contributed by atoms with Crippen LogP contribution in [0.25, 0.3) is 0 Å². The fourth-order valence-corrected chi connectivity index (χ4v) is 10.1. The highest BCUT2D eigenvalue weighted by Crippen LogP contribution is 2.67. The maximum atomic E-state index is 13.1. The van der Waals surface area contributed by atoms with E-state index in [4.69, 9.17) is 0 Å². The summed E-state index contributed by atoms with van der Waals surface area (Å²) >= 11 is 0. The second-order valence-electron chi connectivity index (χ2n) is 14.1. The first kappa shape index (κ1) is 27.2. The molecule has 5 aliphatic rings. The van der Waals surface area contributed by atoms with Crippen LogP contribution in [0, 0.1) is 40.4 Å². The lowest BCUT2D eigenvalue weighted by atomic mass is 9.47. The van der Waals surface area contributed by atoms with Crippen LogP contribution < -0.4 is 0 Å². The Morgan fingerprint density at radius 3 is 2.51 bits per heavy atom. The van der Waals surface area contributed by atoms with Crippen molar-refractivity contribution in [3.63, 3.8) is 0 Å². The zero-order valence-corrected chi connectivity index (χ0v) is 24.2. The molecule has 0 radical (unpaired) electrons. The molecule has 1 N–H and O–H groups in total. The smallest absolute Gasteiger partial charge is 0.222 e. The number of rotatable bonds is 5. The van der Waals surface area contributed by atoms with Gasteiger partial charge in [0.15, 0.2) is 0 Å². The van der Waals surface area contributed by atoms with E-state index in [0.29, 0.717) is 23.2 Å². The van der Waals surface area contributed by atoms with Gasteiger partial charge in [-0.2, -0.15) is 0 Å². The molecule has 37 heavy (non-hydrogen) atoms. The molecule has 1 heterocycles. The highest BCUT2D eigenvalue weighted by Gasteiger charge is 2.59. The van der Waals surface area contributed by atoms with Crippen molar-refractivity contribution in [2.75, 3.05) is 20.1 Å². The van der Waals surface area contributed by atoms with Crippen molar-refractivity contribution in [3.05, 3.63) is 11.6 Å². The molecule has 4 aliphatic carbocycles. The lowest BCUT2D eigenvalue weighted by Gasteiger charge is -2.58. The van der Waals surface area contributed by atoms with Crippen molar-refractivity contribution in [3.8, 4) is 0 Å². The van der Waals surface area contributed by atoms with Crippen molar-refractivity contribution in [2.24, 2.45) is 40.4 Å². The van der Waals surface area contributed by atoms with Crippen LogP contribution in [0.5, 0.6) is 0 Å². The highest BCUT2D eigenvalue weighted by molar-refractivity contribution is 5.76. The van der Waals surface area contributed by atoms with Crippen LogP contribution >= 0.6 is 0 Å². The molecular formula is C32H52N2O3. The number of aliphatic hydroxyl groups excluding tert-OH is 1. The van der Waals surface area contributed by atoms with Crippen LogP contribution in [0.1, 0.15) is 105 Å². The molecule has 4 fully saturated rings. The molecule has 5 nitrogen and oxygen atoms in total. The Hall–Kier alpha value is -1.36. The van der Waals surface area contributed by atoms with Crippen LogP contribution in [0.4, 0.5) is 0 Å². The lowest BCUT2D eigenvalue weighted by Crippen LogP contribution is -2.50. The van der Waals surface area contributed by atoms with E-state index in [9.17, 15) is 14.7 Å². The third-order valence-corrected chi connectivity index (χ3v) is 12.5. The minimum absolute atomic E-state index is 0.128. The van der Waals surface area contributed by atoms with Crippen LogP contribution in [0.2, 0.25) is 0 Å². The summed E-state index contributed by atoms with van der Waals surface area (Å²) in [5.74, 6) is 4.14. The van der Waals surface area contributed by atoms with E-state index in [1.165, 1.54) is 32.1 Å². The SMILES string of the molecule is CC(=O)N1CCC(N(C)C(=O)CCC(C)[C@H]2CC[C@H]3[C@@H]4CC=C5C[C@@H](O)CC[C@]5(C)[C@H]4CC[C@]23C)CC1. The average Bonchev–Trinajstić information content (AvgIpc) is 3.24. The fourth-order valence-electron chi connectivity index (χ4n) is 10.1. The number of aliphatic hydroxyl groups is 1. The fraction of sp³-hybridized carbons (Fsp3) is 0.875. The predicted molar refractivity (Wildman–Crippen MR) is 148 cm³/mol. The Balaban J connectivity index is 1.18. The number of amides is 2. The molecule has 1 aliphatic heterocycles. The molecule has 1 unspecified atom stereocenters. The zero-order chi connectivity index (χ0) is 26.5. The number of hydrogen-bond acceptors (Lipinski definition) is 3. The van der Waals surface area contributed by atoms with E-state index in [1.807, 2.05) is 16.8 Å². The summed E-state index contributed by atoms with van der Waals surface area (Å²) in [5.41, 5.74) is 2.28. The van der Waals surface area contributed by atoms with Gasteiger partial charge in [-0.15, -0.1) is 0 Å². The topological polar surface area (TPSA) is 60.9 Å². The summed E-state index contributed by atoms with van der Waals surface area (Å²) in [4.78, 5) is 28.7. The van der Waals surface area contributed by atoms with Gasteiger partial charge in [-0.1, -0.05) is 32.4 Å². The number of hydrogen-bond donors (Lipinski definition) is 1. The van der Waals surface area contributed by atoms with Gasteiger partial charge in [-0.05, 0) is 111 Å². The molecule has 5 heteroatoms. The Kier molecular flexibility index (Phi) is 7.59. The lowest BCUT2D eigenvalue weighted by molar-refractivity contribution is -0.135. The third-order valence-electron chi connectivity index (χ3n) is 12.5. The van der Waals surface area contributed by atoms with E-state index in [2.05, 4.69) is 26.8 Å². The van der Waals surface area contributed by atoms with Gasteiger partial charge in [0.1, 0.15) is 0 Å². The Labute approximate surface area is 225 Å². The first-order valence-electron chi connectivity index (χ1n) is 15.4. The van der Waals surface area contributed by atoms with Crippen LogP contribution in [-0.4, -0.2) is 59.0 Å². The standard InChI is InChI=1S/C32H52N2O3/c1-21(6-11-30(37)33(5)24-14-18-34(19-15-24)22(2)35)27-9-10-28-26-8-7-23-20-25(36)12-16-31(23,3)29(26)13-17-32(27,28)4/h7,21,24-29,36H,6,8-20H2,1-5H3/t21?,25-,26-,27+,28-,29-,31-,32+/m0/s1. The number of piperidine rings is 1. The van der Waals surface area contributed by atoms with Crippen LogP contribution in [-0.2, 0) is 9.59 Å². The van der Waals surface area contributed by atoms with Gasteiger partial charge in [-0.3, -0.25) is 9.59 Å². The Morgan fingerprint density at radius 1 is 1.08 bits per heavy atom. The molecule has 5 rings (SSSR count). The second kappa shape index (κ2) is 10.3. The van der Waals surface area contributed by atoms with Gasteiger partial charge in [0.2, 0.25) is 11.8 Å². The summed E-state index contributed by atoms with van der Waals surface area (Å²) < 4.78 is 0. The summed E-state index contributed by atoms with van der Waals surface area (Å²) in [6, 6.07) is 0.272. The molecule has 8 atom stereocenters. The summed E-state index contributed by atoms with van der Waals surface area (Å²) in [5, 5.41) is 10.3. The van der Waals surface area contributed by atoms with Crippen molar-refractivity contribution in [1.82, 2.24) is 9.80 Å². The summed E-state index contributed by atoms with van der Waals surface area (Å²) in [6.07, 6.45) is 15.5. The number of allylic oxidation sites excluding steroid dienone is 1. The van der Waals surface area contributed by atoms with Crippen molar-refractivity contribution < 1.29 is 14.7 Å². The molecule has 2 amide bonds. The molecule has 3 saturated carbocycles. The highest BCUT2D eigenvalue weighted by atomic mass is 16.3. The minimum atomic E-state index is -0.128. The van der Waals surface area contributed by atoms with Crippen LogP contribution in [0.15, 0.2) is 11.6 Å². The summed E-state index contributed by atoms with van der Waals surface area (Å²) in [6.45, 7) is 10.7. The predicted octanol–water partition coefficient (Wildman–Crippen LogP) is 5.81. The molecule has 1 saturated heterocycles. The van der Waals surface area contributed by atoms with Gasteiger partial charge >= 0.3 is 0 Å². The van der Waals surface area contributed by atoms with Gasteiger partial charge < -0.3 is 14.9 Å². The third kappa shape index (κ3) is 4.80. The maximum absolute atomic E-state index is 13.1. The van der Waals surface area contributed by atoms with Gasteiger partial charge in [0.05, 0.1) is 6.10 Å². The normalized spacial score (nSPS) is 40.8.